The van der Waals surface area contributed by atoms with E-state index in [1.54, 1.807) is 14.2 Å². The lowest BCUT2D eigenvalue weighted by atomic mass is 10.2. The minimum absolute atomic E-state index is 0.817. The molecule has 4 heteroatoms. The Morgan fingerprint density at radius 1 is 1.17 bits per heavy atom. The van der Waals surface area contributed by atoms with Gasteiger partial charge >= 0.3 is 0 Å². The third kappa shape index (κ3) is 3.29. The maximum Gasteiger partial charge on any atom is 0.145 e. The number of rotatable bonds is 6. The fourth-order valence-corrected chi connectivity index (χ4v) is 2.30. The topological polar surface area (TPSA) is 33.7 Å². The van der Waals surface area contributed by atoms with Crippen LogP contribution in [-0.2, 0) is 0 Å². The maximum absolute atomic E-state index is 5.35. The Kier molecular flexibility index (Phi) is 4.70. The van der Waals surface area contributed by atoms with Crippen molar-refractivity contribution in [2.24, 2.45) is 0 Å². The summed E-state index contributed by atoms with van der Waals surface area (Å²) < 4.78 is 10.5. The molecule has 1 aromatic carbocycles. The monoisotopic (exact) mass is 250 g/mol. The van der Waals surface area contributed by atoms with Crippen molar-refractivity contribution in [3.63, 3.8) is 0 Å². The van der Waals surface area contributed by atoms with Gasteiger partial charge in [0.15, 0.2) is 0 Å². The van der Waals surface area contributed by atoms with E-state index in [9.17, 15) is 0 Å². The van der Waals surface area contributed by atoms with Crippen LogP contribution in [0.15, 0.2) is 18.2 Å². The van der Waals surface area contributed by atoms with Crippen molar-refractivity contribution >= 4 is 5.69 Å². The number of nitrogens with one attached hydrogen (secondary N) is 1. The van der Waals surface area contributed by atoms with Crippen molar-refractivity contribution in [2.75, 3.05) is 45.7 Å². The zero-order chi connectivity index (χ0) is 12.8. The van der Waals surface area contributed by atoms with Gasteiger partial charge in [-0.2, -0.15) is 0 Å². The van der Waals surface area contributed by atoms with Gasteiger partial charge in [0.05, 0.1) is 19.9 Å². The molecule has 1 N–H and O–H groups in total. The summed E-state index contributed by atoms with van der Waals surface area (Å²) in [5, 5.41) is 3.42. The summed E-state index contributed by atoms with van der Waals surface area (Å²) in [7, 11) is 3.34. The van der Waals surface area contributed by atoms with E-state index in [4.69, 9.17) is 9.47 Å². The average molecular weight is 250 g/mol. The lowest BCUT2D eigenvalue weighted by molar-refractivity contribution is 0.352. The second kappa shape index (κ2) is 6.50. The molecule has 100 valence electrons. The molecule has 0 amide bonds. The molecule has 1 saturated heterocycles. The first-order valence-corrected chi connectivity index (χ1v) is 6.52. The number of likely N-dealkylation sites (tertiary alicyclic amines) is 1. The fraction of sp³-hybridized carbons (Fsp3) is 0.571. The van der Waals surface area contributed by atoms with Gasteiger partial charge in [0.2, 0.25) is 0 Å². The van der Waals surface area contributed by atoms with E-state index in [2.05, 4.69) is 10.2 Å². The minimum atomic E-state index is 0.817. The van der Waals surface area contributed by atoms with E-state index in [-0.39, 0.29) is 0 Å². The molecule has 0 aliphatic carbocycles. The van der Waals surface area contributed by atoms with Crippen molar-refractivity contribution in [3.05, 3.63) is 18.2 Å². The van der Waals surface area contributed by atoms with Crippen LogP contribution in [0.5, 0.6) is 11.5 Å². The first kappa shape index (κ1) is 13.0. The SMILES string of the molecule is COc1ccc(NCCN2CCCC2)c(OC)c1. The molecule has 0 spiro atoms. The van der Waals surface area contributed by atoms with E-state index in [0.717, 1.165) is 30.3 Å². The van der Waals surface area contributed by atoms with Crippen LogP contribution in [0, 0.1) is 0 Å². The van der Waals surface area contributed by atoms with Crippen LogP contribution in [0.4, 0.5) is 5.69 Å². The molecule has 0 saturated carbocycles. The van der Waals surface area contributed by atoms with Gasteiger partial charge in [-0.25, -0.2) is 0 Å². The Morgan fingerprint density at radius 3 is 2.61 bits per heavy atom. The highest BCUT2D eigenvalue weighted by molar-refractivity contribution is 5.59. The highest BCUT2D eigenvalue weighted by Gasteiger charge is 2.11. The molecule has 0 unspecified atom stereocenters. The first-order valence-electron chi connectivity index (χ1n) is 6.52. The summed E-state index contributed by atoms with van der Waals surface area (Å²) >= 11 is 0. The minimum Gasteiger partial charge on any atom is -0.497 e. The number of benzene rings is 1. The van der Waals surface area contributed by atoms with Crippen LogP contribution >= 0.6 is 0 Å². The fourth-order valence-electron chi connectivity index (χ4n) is 2.30. The Bertz CT molecular complexity index is 376. The Balaban J connectivity index is 1.87. The van der Waals surface area contributed by atoms with Crippen LogP contribution in [0.3, 0.4) is 0 Å². The summed E-state index contributed by atoms with van der Waals surface area (Å²) in [6.07, 6.45) is 2.68. The summed E-state index contributed by atoms with van der Waals surface area (Å²) in [6.45, 7) is 4.51. The van der Waals surface area contributed by atoms with Gasteiger partial charge in [-0.3, -0.25) is 0 Å². The van der Waals surface area contributed by atoms with Crippen molar-refractivity contribution in [1.82, 2.24) is 4.90 Å². The first-order chi connectivity index (χ1) is 8.83. The largest absolute Gasteiger partial charge is 0.497 e. The molecule has 0 atom stereocenters. The highest BCUT2D eigenvalue weighted by atomic mass is 16.5. The molecular weight excluding hydrogens is 228 g/mol. The Morgan fingerprint density at radius 2 is 1.94 bits per heavy atom. The van der Waals surface area contributed by atoms with Crippen molar-refractivity contribution in [1.29, 1.82) is 0 Å². The Labute approximate surface area is 109 Å². The van der Waals surface area contributed by atoms with Gasteiger partial charge < -0.3 is 19.7 Å². The van der Waals surface area contributed by atoms with E-state index >= 15 is 0 Å². The van der Waals surface area contributed by atoms with Gasteiger partial charge in [0.25, 0.3) is 0 Å². The molecule has 4 nitrogen and oxygen atoms in total. The maximum atomic E-state index is 5.35. The van der Waals surface area contributed by atoms with Gasteiger partial charge in [-0.05, 0) is 38.1 Å². The van der Waals surface area contributed by atoms with Crippen LogP contribution in [-0.4, -0.2) is 45.3 Å². The third-order valence-electron chi connectivity index (χ3n) is 3.35. The number of anilines is 1. The van der Waals surface area contributed by atoms with Crippen molar-refractivity contribution in [3.8, 4) is 11.5 Å². The zero-order valence-electron chi connectivity index (χ0n) is 11.2. The van der Waals surface area contributed by atoms with Crippen molar-refractivity contribution < 1.29 is 9.47 Å². The number of ether oxygens (including phenoxy) is 2. The molecular formula is C14H22N2O2. The molecule has 1 aliphatic heterocycles. The zero-order valence-corrected chi connectivity index (χ0v) is 11.2. The second-order valence-corrected chi connectivity index (χ2v) is 4.54. The standard InChI is InChI=1S/C14H22N2O2/c1-17-12-5-6-13(14(11-12)18-2)15-7-10-16-8-3-4-9-16/h5-6,11,15H,3-4,7-10H2,1-2H3. The second-order valence-electron chi connectivity index (χ2n) is 4.54. The molecule has 1 aromatic rings. The van der Waals surface area contributed by atoms with Gasteiger partial charge in [-0.1, -0.05) is 0 Å². The van der Waals surface area contributed by atoms with Crippen molar-refractivity contribution in [2.45, 2.75) is 12.8 Å². The molecule has 0 aromatic heterocycles. The number of nitrogens with zero attached hydrogens (tertiary/aromatic N) is 1. The highest BCUT2D eigenvalue weighted by Crippen LogP contribution is 2.28. The molecule has 18 heavy (non-hydrogen) atoms. The third-order valence-corrected chi connectivity index (χ3v) is 3.35. The summed E-state index contributed by atoms with van der Waals surface area (Å²) in [5.74, 6) is 1.65. The molecule has 1 aliphatic rings. The van der Waals surface area contributed by atoms with Crippen LogP contribution < -0.4 is 14.8 Å². The molecule has 1 fully saturated rings. The van der Waals surface area contributed by atoms with Crippen LogP contribution in [0.25, 0.3) is 0 Å². The quantitative estimate of drug-likeness (QED) is 0.839. The van der Waals surface area contributed by atoms with E-state index in [1.165, 1.54) is 25.9 Å². The smallest absolute Gasteiger partial charge is 0.145 e. The molecule has 0 radical (unpaired) electrons. The predicted molar refractivity (Wildman–Crippen MR) is 73.7 cm³/mol. The lowest BCUT2D eigenvalue weighted by Crippen LogP contribution is -2.26. The average Bonchev–Trinajstić information content (AvgIpc) is 2.92. The number of hydrogen-bond acceptors (Lipinski definition) is 4. The van der Waals surface area contributed by atoms with Gasteiger partial charge in [-0.15, -0.1) is 0 Å². The summed E-state index contributed by atoms with van der Waals surface area (Å²) in [6, 6.07) is 5.85. The van der Waals surface area contributed by atoms with E-state index in [1.807, 2.05) is 18.2 Å². The van der Waals surface area contributed by atoms with E-state index < -0.39 is 0 Å². The van der Waals surface area contributed by atoms with Gasteiger partial charge in [0, 0.05) is 19.2 Å². The lowest BCUT2D eigenvalue weighted by Gasteiger charge is -2.17. The van der Waals surface area contributed by atoms with E-state index in [0.29, 0.717) is 0 Å². The molecule has 0 bridgehead atoms. The normalized spacial score (nSPS) is 15.7. The number of hydrogen-bond donors (Lipinski definition) is 1. The summed E-state index contributed by atoms with van der Waals surface area (Å²) in [5.41, 5.74) is 1.03. The molecule has 2 rings (SSSR count). The van der Waals surface area contributed by atoms with Gasteiger partial charge in [0.1, 0.15) is 11.5 Å². The van der Waals surface area contributed by atoms with Crippen LogP contribution in [0.2, 0.25) is 0 Å². The number of methoxy groups -OCH3 is 2. The predicted octanol–water partition coefficient (Wildman–Crippen LogP) is 2.21. The summed E-state index contributed by atoms with van der Waals surface area (Å²) in [4.78, 5) is 2.49. The van der Waals surface area contributed by atoms with Crippen LogP contribution in [0.1, 0.15) is 12.8 Å². The Hall–Kier alpha value is -1.42. The molecule has 1 heterocycles.